The van der Waals surface area contributed by atoms with Crippen molar-refractivity contribution in [2.75, 3.05) is 20.2 Å². The van der Waals surface area contributed by atoms with Gasteiger partial charge in [-0.05, 0) is 31.0 Å². The number of carbonyl (C=O) groups excluding carboxylic acids is 1. The molecule has 1 N–H and O–H groups in total. The Morgan fingerprint density at radius 1 is 1.35 bits per heavy atom. The highest BCUT2D eigenvalue weighted by Gasteiger charge is 2.41. The fraction of sp³-hybridized carbons (Fsp3) is 0.467. The van der Waals surface area contributed by atoms with E-state index in [1.807, 2.05) is 24.3 Å². The van der Waals surface area contributed by atoms with Gasteiger partial charge in [0.05, 0.1) is 18.9 Å². The molecule has 0 spiro atoms. The third-order valence-corrected chi connectivity index (χ3v) is 3.86. The highest BCUT2D eigenvalue weighted by Crippen LogP contribution is 2.30. The maximum atomic E-state index is 12.2. The van der Waals surface area contributed by atoms with Crippen LogP contribution in [0.2, 0.25) is 0 Å². The van der Waals surface area contributed by atoms with Gasteiger partial charge in [-0.15, -0.1) is 0 Å². The number of carboxylic acids is 1. The van der Waals surface area contributed by atoms with E-state index in [0.717, 1.165) is 11.3 Å². The molecule has 1 aromatic rings. The van der Waals surface area contributed by atoms with Gasteiger partial charge < -0.3 is 14.7 Å². The molecule has 108 valence electrons. The number of hydrogen-bond donors (Lipinski definition) is 1. The zero-order chi connectivity index (χ0) is 14.8. The Balaban J connectivity index is 1.97. The molecular weight excluding hydrogens is 258 g/mol. The Kier molecular flexibility index (Phi) is 3.97. The van der Waals surface area contributed by atoms with Crippen LogP contribution >= 0.6 is 0 Å². The second kappa shape index (κ2) is 5.53. The van der Waals surface area contributed by atoms with Gasteiger partial charge in [0.2, 0.25) is 5.91 Å². The van der Waals surface area contributed by atoms with Crippen molar-refractivity contribution >= 4 is 11.9 Å². The molecule has 1 saturated heterocycles. The number of amides is 1. The number of carbonyl (C=O) groups is 2. The van der Waals surface area contributed by atoms with Crippen LogP contribution in [0.4, 0.5) is 0 Å². The molecule has 5 heteroatoms. The normalized spacial score (nSPS) is 21.8. The van der Waals surface area contributed by atoms with E-state index in [9.17, 15) is 9.59 Å². The average Bonchev–Trinajstić information content (AvgIpc) is 2.84. The van der Waals surface area contributed by atoms with Crippen LogP contribution in [0.25, 0.3) is 0 Å². The van der Waals surface area contributed by atoms with Gasteiger partial charge in [0.1, 0.15) is 5.75 Å². The molecule has 2 rings (SSSR count). The fourth-order valence-electron chi connectivity index (χ4n) is 2.38. The number of methoxy groups -OCH3 is 1. The Morgan fingerprint density at radius 2 is 2.00 bits per heavy atom. The van der Waals surface area contributed by atoms with Crippen molar-refractivity contribution in [3.63, 3.8) is 0 Å². The number of hydrogen-bond acceptors (Lipinski definition) is 3. The molecule has 1 fully saturated rings. The number of rotatable bonds is 4. The molecule has 0 aromatic heterocycles. The lowest BCUT2D eigenvalue weighted by molar-refractivity contribution is -0.147. The minimum Gasteiger partial charge on any atom is -0.497 e. The summed E-state index contributed by atoms with van der Waals surface area (Å²) in [5.74, 6) is -0.113. The number of benzene rings is 1. The molecule has 0 bridgehead atoms. The molecule has 1 aliphatic rings. The molecule has 0 aliphatic carbocycles. The quantitative estimate of drug-likeness (QED) is 0.907. The van der Waals surface area contributed by atoms with E-state index >= 15 is 0 Å². The molecule has 1 amide bonds. The topological polar surface area (TPSA) is 66.8 Å². The third kappa shape index (κ3) is 2.92. The Labute approximate surface area is 118 Å². The maximum absolute atomic E-state index is 12.2. The van der Waals surface area contributed by atoms with E-state index in [0.29, 0.717) is 19.4 Å². The van der Waals surface area contributed by atoms with Gasteiger partial charge >= 0.3 is 5.97 Å². The molecule has 0 radical (unpaired) electrons. The minimum absolute atomic E-state index is 0.0276. The molecule has 1 heterocycles. The molecule has 1 unspecified atom stereocenters. The number of likely N-dealkylation sites (tertiary alicyclic amines) is 1. The molecule has 20 heavy (non-hydrogen) atoms. The van der Waals surface area contributed by atoms with E-state index in [2.05, 4.69) is 0 Å². The van der Waals surface area contributed by atoms with Gasteiger partial charge in [0.15, 0.2) is 0 Å². The largest absolute Gasteiger partial charge is 0.497 e. The number of ether oxygens (including phenoxy) is 1. The van der Waals surface area contributed by atoms with Crippen LogP contribution in [-0.2, 0) is 16.0 Å². The SMILES string of the molecule is COc1ccc(CC(=O)N2CCC(C)(C(=O)O)C2)cc1. The smallest absolute Gasteiger partial charge is 0.311 e. The van der Waals surface area contributed by atoms with Crippen molar-refractivity contribution in [2.45, 2.75) is 19.8 Å². The summed E-state index contributed by atoms with van der Waals surface area (Å²) in [5.41, 5.74) is 0.0926. The van der Waals surface area contributed by atoms with Gasteiger partial charge in [-0.1, -0.05) is 12.1 Å². The summed E-state index contributed by atoms with van der Waals surface area (Å²) in [4.78, 5) is 25.0. The lowest BCUT2D eigenvalue weighted by Crippen LogP contribution is -2.35. The van der Waals surface area contributed by atoms with Crippen LogP contribution in [0.1, 0.15) is 18.9 Å². The van der Waals surface area contributed by atoms with Crippen LogP contribution in [-0.4, -0.2) is 42.1 Å². The van der Waals surface area contributed by atoms with Crippen molar-refractivity contribution < 1.29 is 19.4 Å². The lowest BCUT2D eigenvalue weighted by Gasteiger charge is -2.20. The first-order valence-corrected chi connectivity index (χ1v) is 6.59. The predicted octanol–water partition coefficient (Wildman–Crippen LogP) is 1.56. The van der Waals surface area contributed by atoms with Crippen molar-refractivity contribution in [3.05, 3.63) is 29.8 Å². The highest BCUT2D eigenvalue weighted by atomic mass is 16.5. The minimum atomic E-state index is -0.836. The van der Waals surface area contributed by atoms with E-state index in [1.165, 1.54) is 0 Å². The third-order valence-electron chi connectivity index (χ3n) is 3.86. The first kappa shape index (κ1) is 14.4. The van der Waals surface area contributed by atoms with Gasteiger partial charge in [0.25, 0.3) is 0 Å². The van der Waals surface area contributed by atoms with Crippen molar-refractivity contribution in [3.8, 4) is 5.75 Å². The van der Waals surface area contributed by atoms with Crippen LogP contribution in [0.3, 0.4) is 0 Å². The van der Waals surface area contributed by atoms with Crippen molar-refractivity contribution in [1.29, 1.82) is 0 Å². The van der Waals surface area contributed by atoms with Gasteiger partial charge in [-0.2, -0.15) is 0 Å². The molecule has 1 atom stereocenters. The zero-order valence-corrected chi connectivity index (χ0v) is 11.8. The summed E-state index contributed by atoms with van der Waals surface area (Å²) in [6.07, 6.45) is 0.802. The summed E-state index contributed by atoms with van der Waals surface area (Å²) >= 11 is 0. The van der Waals surface area contributed by atoms with Crippen molar-refractivity contribution in [2.24, 2.45) is 5.41 Å². The van der Waals surface area contributed by atoms with E-state index in [-0.39, 0.29) is 12.5 Å². The summed E-state index contributed by atoms with van der Waals surface area (Å²) in [7, 11) is 1.59. The summed E-state index contributed by atoms with van der Waals surface area (Å²) in [6, 6.07) is 7.33. The fourth-order valence-corrected chi connectivity index (χ4v) is 2.38. The summed E-state index contributed by atoms with van der Waals surface area (Å²) < 4.78 is 5.07. The second-order valence-corrected chi connectivity index (χ2v) is 5.46. The highest BCUT2D eigenvalue weighted by molar-refractivity contribution is 5.82. The number of aliphatic carboxylic acids is 1. The molecular formula is C15H19NO4. The predicted molar refractivity (Wildman–Crippen MR) is 73.6 cm³/mol. The molecule has 5 nitrogen and oxygen atoms in total. The van der Waals surface area contributed by atoms with E-state index in [4.69, 9.17) is 9.84 Å². The van der Waals surface area contributed by atoms with E-state index in [1.54, 1.807) is 18.9 Å². The second-order valence-electron chi connectivity index (χ2n) is 5.46. The zero-order valence-electron chi connectivity index (χ0n) is 11.8. The van der Waals surface area contributed by atoms with Gasteiger partial charge in [-0.3, -0.25) is 9.59 Å². The lowest BCUT2D eigenvalue weighted by atomic mass is 9.90. The first-order chi connectivity index (χ1) is 9.44. The Bertz CT molecular complexity index is 511. The standard InChI is InChI=1S/C15H19NO4/c1-15(14(18)19)7-8-16(10-15)13(17)9-11-3-5-12(20-2)6-4-11/h3-6H,7-10H2,1-2H3,(H,18,19). The van der Waals surface area contributed by atoms with Crippen LogP contribution < -0.4 is 4.74 Å². The Hall–Kier alpha value is -2.04. The van der Waals surface area contributed by atoms with Crippen LogP contribution in [0.15, 0.2) is 24.3 Å². The average molecular weight is 277 g/mol. The van der Waals surface area contributed by atoms with Crippen LogP contribution in [0, 0.1) is 5.41 Å². The monoisotopic (exact) mass is 277 g/mol. The number of nitrogens with zero attached hydrogens (tertiary/aromatic N) is 1. The molecule has 1 aliphatic heterocycles. The summed E-state index contributed by atoms with van der Waals surface area (Å²) in [6.45, 7) is 2.49. The summed E-state index contributed by atoms with van der Waals surface area (Å²) in [5, 5.41) is 9.17. The maximum Gasteiger partial charge on any atom is 0.311 e. The molecule has 1 aromatic carbocycles. The van der Waals surface area contributed by atoms with E-state index < -0.39 is 11.4 Å². The first-order valence-electron chi connectivity index (χ1n) is 6.59. The van der Waals surface area contributed by atoms with Gasteiger partial charge in [-0.25, -0.2) is 0 Å². The van der Waals surface area contributed by atoms with Crippen LogP contribution in [0.5, 0.6) is 5.75 Å². The number of carboxylic acid groups (broad SMARTS) is 1. The molecule has 0 saturated carbocycles. The van der Waals surface area contributed by atoms with Crippen molar-refractivity contribution in [1.82, 2.24) is 4.90 Å². The Morgan fingerprint density at radius 3 is 2.50 bits per heavy atom. The van der Waals surface area contributed by atoms with Gasteiger partial charge in [0, 0.05) is 13.1 Å².